The summed E-state index contributed by atoms with van der Waals surface area (Å²) in [6.45, 7) is 3.66. The minimum Gasteiger partial charge on any atom is -0.493 e. The Kier molecular flexibility index (Phi) is 4.22. The molecule has 21 heavy (non-hydrogen) atoms. The van der Waals surface area contributed by atoms with E-state index in [0.717, 1.165) is 48.7 Å². The molecule has 0 amide bonds. The van der Waals surface area contributed by atoms with Crippen LogP contribution in [-0.4, -0.2) is 17.2 Å². The van der Waals surface area contributed by atoms with Crippen LogP contribution in [0.1, 0.15) is 30.0 Å². The maximum Gasteiger partial charge on any atom is 0.127 e. The molecule has 0 radical (unpaired) electrons. The minimum atomic E-state index is 0.236. The number of nitrogens with zero attached hydrogens (tertiary/aromatic N) is 1. The highest BCUT2D eigenvalue weighted by atomic mass is 35.5. The summed E-state index contributed by atoms with van der Waals surface area (Å²) < 4.78 is 7.93. The van der Waals surface area contributed by atoms with Crippen molar-refractivity contribution in [3.05, 3.63) is 52.3 Å². The standard InChI is InChI=1S/C17H21ClN2O/c1-2-16(19)7-12-3-5-20(10-12)11-14-9-15(18)8-13-4-6-21-17(13)14/h3,5,8-10,16H,2,4,6-7,11,19H2,1H3. The highest BCUT2D eigenvalue weighted by molar-refractivity contribution is 6.30. The van der Waals surface area contributed by atoms with Crippen LogP contribution in [-0.2, 0) is 19.4 Å². The van der Waals surface area contributed by atoms with Crippen LogP contribution >= 0.6 is 11.6 Å². The number of aromatic nitrogens is 1. The zero-order valence-corrected chi connectivity index (χ0v) is 13.1. The van der Waals surface area contributed by atoms with Gasteiger partial charge in [-0.15, -0.1) is 0 Å². The average molecular weight is 305 g/mol. The van der Waals surface area contributed by atoms with E-state index in [9.17, 15) is 0 Å². The molecule has 2 aromatic rings. The lowest BCUT2D eigenvalue weighted by molar-refractivity contribution is 0.352. The molecule has 0 saturated carbocycles. The summed E-state index contributed by atoms with van der Waals surface area (Å²) in [5, 5.41) is 0.787. The lowest BCUT2D eigenvalue weighted by atomic mass is 10.1. The Hall–Kier alpha value is -1.45. The number of hydrogen-bond acceptors (Lipinski definition) is 2. The smallest absolute Gasteiger partial charge is 0.127 e. The van der Waals surface area contributed by atoms with Crippen molar-refractivity contribution in [2.45, 2.75) is 38.8 Å². The highest BCUT2D eigenvalue weighted by Gasteiger charge is 2.17. The average Bonchev–Trinajstić information content (AvgIpc) is 3.07. The van der Waals surface area contributed by atoms with E-state index in [2.05, 4.69) is 30.0 Å². The third-order valence-electron chi connectivity index (χ3n) is 4.01. The van der Waals surface area contributed by atoms with Crippen LogP contribution in [0.5, 0.6) is 5.75 Å². The molecule has 0 aliphatic carbocycles. The summed E-state index contributed by atoms with van der Waals surface area (Å²) in [7, 11) is 0. The molecule has 1 unspecified atom stereocenters. The van der Waals surface area contributed by atoms with E-state index in [0.29, 0.717) is 0 Å². The number of fused-ring (bicyclic) bond motifs is 1. The van der Waals surface area contributed by atoms with Gasteiger partial charge in [-0.25, -0.2) is 0 Å². The second kappa shape index (κ2) is 6.12. The van der Waals surface area contributed by atoms with Gasteiger partial charge in [-0.2, -0.15) is 0 Å². The molecule has 0 fully saturated rings. The maximum absolute atomic E-state index is 6.21. The quantitative estimate of drug-likeness (QED) is 0.919. The van der Waals surface area contributed by atoms with Crippen LogP contribution in [0.15, 0.2) is 30.6 Å². The molecule has 2 heterocycles. The molecule has 1 aromatic heterocycles. The molecule has 3 nitrogen and oxygen atoms in total. The summed E-state index contributed by atoms with van der Waals surface area (Å²) in [5.74, 6) is 1.01. The molecular formula is C17H21ClN2O. The number of hydrogen-bond donors (Lipinski definition) is 1. The first-order chi connectivity index (χ1) is 10.2. The van der Waals surface area contributed by atoms with Crippen LogP contribution in [0.4, 0.5) is 0 Å². The number of ether oxygens (including phenoxy) is 1. The number of nitrogens with two attached hydrogens (primary N) is 1. The Bertz CT molecular complexity index is 636. The Balaban J connectivity index is 1.78. The van der Waals surface area contributed by atoms with Crippen molar-refractivity contribution in [1.29, 1.82) is 0 Å². The topological polar surface area (TPSA) is 40.2 Å². The van der Waals surface area contributed by atoms with Gasteiger partial charge in [0.15, 0.2) is 0 Å². The van der Waals surface area contributed by atoms with E-state index in [1.165, 1.54) is 11.1 Å². The third kappa shape index (κ3) is 3.25. The first-order valence-corrected chi connectivity index (χ1v) is 7.88. The molecule has 112 valence electrons. The molecule has 3 rings (SSSR count). The fourth-order valence-corrected chi connectivity index (χ4v) is 3.08. The van der Waals surface area contributed by atoms with Gasteiger partial charge in [0.2, 0.25) is 0 Å². The Morgan fingerprint density at radius 1 is 1.43 bits per heavy atom. The third-order valence-corrected chi connectivity index (χ3v) is 4.23. The Morgan fingerprint density at radius 3 is 3.10 bits per heavy atom. The normalized spacial score (nSPS) is 14.8. The SMILES string of the molecule is CCC(N)Cc1ccn(Cc2cc(Cl)cc3c2OCC3)c1. The summed E-state index contributed by atoms with van der Waals surface area (Å²) in [5.41, 5.74) is 9.67. The number of rotatable bonds is 5. The van der Waals surface area contributed by atoms with Gasteiger partial charge in [-0.1, -0.05) is 18.5 Å². The van der Waals surface area contributed by atoms with Gasteiger partial charge in [0.25, 0.3) is 0 Å². The van der Waals surface area contributed by atoms with Crippen molar-refractivity contribution in [1.82, 2.24) is 4.57 Å². The zero-order valence-electron chi connectivity index (χ0n) is 12.3. The van der Waals surface area contributed by atoms with Gasteiger partial charge in [-0.05, 0) is 42.2 Å². The molecule has 1 atom stereocenters. The number of halogens is 1. The van der Waals surface area contributed by atoms with Crippen molar-refractivity contribution in [2.75, 3.05) is 6.61 Å². The molecular weight excluding hydrogens is 284 g/mol. The van der Waals surface area contributed by atoms with Gasteiger partial charge in [-0.3, -0.25) is 0 Å². The molecule has 2 N–H and O–H groups in total. The molecule has 1 aliphatic heterocycles. The minimum absolute atomic E-state index is 0.236. The summed E-state index contributed by atoms with van der Waals surface area (Å²) in [6.07, 6.45) is 7.14. The maximum atomic E-state index is 6.21. The second-order valence-corrected chi connectivity index (χ2v) is 6.15. The number of benzene rings is 1. The van der Waals surface area contributed by atoms with E-state index >= 15 is 0 Å². The first-order valence-electron chi connectivity index (χ1n) is 7.50. The van der Waals surface area contributed by atoms with E-state index in [-0.39, 0.29) is 6.04 Å². The summed E-state index contributed by atoms with van der Waals surface area (Å²) in [4.78, 5) is 0. The van der Waals surface area contributed by atoms with Crippen LogP contribution in [0.3, 0.4) is 0 Å². The Labute approximate surface area is 130 Å². The van der Waals surface area contributed by atoms with Gasteiger partial charge in [0.05, 0.1) is 13.2 Å². The zero-order chi connectivity index (χ0) is 14.8. The summed E-state index contributed by atoms with van der Waals surface area (Å²) >= 11 is 6.21. The molecule has 0 saturated heterocycles. The van der Waals surface area contributed by atoms with Gasteiger partial charge < -0.3 is 15.0 Å². The fourth-order valence-electron chi connectivity index (χ4n) is 2.82. The van der Waals surface area contributed by atoms with E-state index < -0.39 is 0 Å². The van der Waals surface area contributed by atoms with E-state index in [4.69, 9.17) is 22.1 Å². The highest BCUT2D eigenvalue weighted by Crippen LogP contribution is 2.33. The Morgan fingerprint density at radius 2 is 2.29 bits per heavy atom. The van der Waals surface area contributed by atoms with E-state index in [1.54, 1.807) is 0 Å². The molecule has 0 bridgehead atoms. The largest absolute Gasteiger partial charge is 0.493 e. The van der Waals surface area contributed by atoms with E-state index in [1.807, 2.05) is 12.1 Å². The van der Waals surface area contributed by atoms with Crippen LogP contribution in [0, 0.1) is 0 Å². The first kappa shape index (κ1) is 14.5. The molecule has 1 aromatic carbocycles. The van der Waals surface area contributed by atoms with Crippen molar-refractivity contribution in [2.24, 2.45) is 5.73 Å². The van der Waals surface area contributed by atoms with Crippen LogP contribution in [0.2, 0.25) is 5.02 Å². The predicted molar refractivity (Wildman–Crippen MR) is 86.2 cm³/mol. The predicted octanol–water partition coefficient (Wildman–Crippen LogP) is 3.40. The van der Waals surface area contributed by atoms with Gasteiger partial charge in [0.1, 0.15) is 5.75 Å². The van der Waals surface area contributed by atoms with Crippen molar-refractivity contribution < 1.29 is 4.74 Å². The van der Waals surface area contributed by atoms with Gasteiger partial charge in [0, 0.05) is 35.4 Å². The monoisotopic (exact) mass is 304 g/mol. The second-order valence-electron chi connectivity index (χ2n) is 5.72. The molecule has 0 spiro atoms. The summed E-state index contributed by atoms with van der Waals surface area (Å²) in [6, 6.07) is 6.39. The lowest BCUT2D eigenvalue weighted by Crippen LogP contribution is -2.21. The molecule has 4 heteroatoms. The van der Waals surface area contributed by atoms with Crippen LogP contribution in [0.25, 0.3) is 0 Å². The fraction of sp³-hybridized carbons (Fsp3) is 0.412. The lowest BCUT2D eigenvalue weighted by Gasteiger charge is -2.10. The van der Waals surface area contributed by atoms with Crippen molar-refractivity contribution in [3.8, 4) is 5.75 Å². The van der Waals surface area contributed by atoms with Gasteiger partial charge >= 0.3 is 0 Å². The molecule has 1 aliphatic rings. The van der Waals surface area contributed by atoms with Crippen molar-refractivity contribution in [3.63, 3.8) is 0 Å². The van der Waals surface area contributed by atoms with Crippen molar-refractivity contribution >= 4 is 11.6 Å². The van der Waals surface area contributed by atoms with Crippen LogP contribution < -0.4 is 10.5 Å².